The van der Waals surface area contributed by atoms with Crippen molar-refractivity contribution < 1.29 is 24.0 Å². The van der Waals surface area contributed by atoms with E-state index in [2.05, 4.69) is 21.2 Å². The van der Waals surface area contributed by atoms with E-state index < -0.39 is 13.2 Å². The molecule has 0 spiro atoms. The number of nitro benzene ring substituents is 1. The molecule has 0 bridgehead atoms. The van der Waals surface area contributed by atoms with Crippen LogP contribution >= 0.6 is 24.2 Å². The summed E-state index contributed by atoms with van der Waals surface area (Å²) in [5.74, 6) is 1.21. The highest BCUT2D eigenvalue weighted by molar-refractivity contribution is 9.10. The molecule has 26 heavy (non-hydrogen) atoms. The van der Waals surface area contributed by atoms with Crippen LogP contribution in [0.3, 0.4) is 0 Å². The number of benzene rings is 2. The fourth-order valence-corrected chi connectivity index (χ4v) is 2.15. The van der Waals surface area contributed by atoms with Crippen molar-refractivity contribution >= 4 is 35.6 Å². The van der Waals surface area contributed by atoms with Gasteiger partial charge in [-0.2, -0.15) is 0 Å². The van der Waals surface area contributed by atoms with Gasteiger partial charge in [0.1, 0.15) is 17.2 Å². The Labute approximate surface area is 160 Å². The largest absolute Gasteiger partial charge is 0.692 e. The molecule has 10 heteroatoms. The normalized spacial score (nSPS) is 10.4. The standard InChI is InChI=1S/C16H17BrN2O3.HO3P/c1-16(2,3)18-14-10-13(8-9-15(14)19(20)21)22-12-6-4-11(17)5-7-12;1-4(2)3/h4-10,18H,1-3H3;(H-,1,2,3)/p+1. The van der Waals surface area contributed by atoms with Crippen molar-refractivity contribution in [1.82, 2.24) is 0 Å². The zero-order valence-corrected chi connectivity index (χ0v) is 16.8. The molecule has 0 fully saturated rings. The van der Waals surface area contributed by atoms with E-state index in [9.17, 15) is 10.1 Å². The van der Waals surface area contributed by atoms with Gasteiger partial charge in [-0.05, 0) is 51.1 Å². The Morgan fingerprint density at radius 1 is 1.12 bits per heavy atom. The van der Waals surface area contributed by atoms with E-state index in [1.165, 1.54) is 6.07 Å². The Kier molecular flexibility index (Phi) is 8.10. The molecule has 140 valence electrons. The lowest BCUT2D eigenvalue weighted by atomic mass is 10.1. The van der Waals surface area contributed by atoms with E-state index in [4.69, 9.17) is 19.1 Å². The lowest BCUT2D eigenvalue weighted by molar-refractivity contribution is -0.384. The Morgan fingerprint density at radius 2 is 1.62 bits per heavy atom. The third-order valence-corrected chi connectivity index (χ3v) is 3.25. The van der Waals surface area contributed by atoms with Crippen LogP contribution in [0.2, 0.25) is 0 Å². The predicted octanol–water partition coefficient (Wildman–Crippen LogP) is 4.99. The van der Waals surface area contributed by atoms with Crippen molar-refractivity contribution in [1.29, 1.82) is 0 Å². The Balaban J connectivity index is 0.000000765. The second kappa shape index (κ2) is 9.59. The average Bonchev–Trinajstić information content (AvgIpc) is 2.47. The predicted molar refractivity (Wildman–Crippen MR) is 103 cm³/mol. The first-order chi connectivity index (χ1) is 12.0. The summed E-state index contributed by atoms with van der Waals surface area (Å²) in [6.07, 6.45) is 0. The highest BCUT2D eigenvalue weighted by Gasteiger charge is 2.19. The van der Waals surface area contributed by atoms with Crippen LogP contribution in [0.4, 0.5) is 11.4 Å². The van der Waals surface area contributed by atoms with Gasteiger partial charge in [-0.25, -0.2) is 0 Å². The molecule has 0 aliphatic carbocycles. The minimum atomic E-state index is -2.87. The zero-order chi connectivity index (χ0) is 19.9. The minimum absolute atomic E-state index is 0.0260. The molecule has 2 aromatic rings. The van der Waals surface area contributed by atoms with Crippen molar-refractivity contribution in [2.45, 2.75) is 26.3 Å². The van der Waals surface area contributed by atoms with Crippen LogP contribution in [-0.4, -0.2) is 20.2 Å². The molecule has 2 aromatic carbocycles. The molecule has 3 N–H and O–H groups in total. The van der Waals surface area contributed by atoms with Gasteiger partial charge in [-0.15, -0.1) is 9.79 Å². The summed E-state index contributed by atoms with van der Waals surface area (Å²) in [7, 11) is -2.87. The molecule has 0 aromatic heterocycles. The van der Waals surface area contributed by atoms with Gasteiger partial charge in [0.2, 0.25) is 0 Å². The smallest absolute Gasteiger partial charge is 0.457 e. The summed E-state index contributed by atoms with van der Waals surface area (Å²) in [5, 5.41) is 14.3. The van der Waals surface area contributed by atoms with Gasteiger partial charge >= 0.3 is 8.25 Å². The van der Waals surface area contributed by atoms with E-state index in [0.717, 1.165) is 4.47 Å². The number of hydrogen-bond acceptors (Lipinski definition) is 5. The molecule has 0 radical (unpaired) electrons. The molecule has 0 atom stereocenters. The van der Waals surface area contributed by atoms with E-state index in [-0.39, 0.29) is 11.2 Å². The van der Waals surface area contributed by atoms with Crippen molar-refractivity contribution in [3.63, 3.8) is 0 Å². The molecular formula is C16H19BrN2O6P+. The van der Waals surface area contributed by atoms with Crippen LogP contribution < -0.4 is 10.1 Å². The van der Waals surface area contributed by atoms with Crippen molar-refractivity contribution in [2.24, 2.45) is 0 Å². The number of anilines is 1. The Morgan fingerprint density at radius 3 is 2.08 bits per heavy atom. The van der Waals surface area contributed by atoms with Crippen molar-refractivity contribution in [3.05, 3.63) is 57.1 Å². The minimum Gasteiger partial charge on any atom is -0.457 e. The summed E-state index contributed by atoms with van der Waals surface area (Å²) in [6, 6.07) is 12.1. The highest BCUT2D eigenvalue weighted by Crippen LogP contribution is 2.33. The second-order valence-corrected chi connectivity index (χ2v) is 7.54. The van der Waals surface area contributed by atoms with Gasteiger partial charge < -0.3 is 10.1 Å². The molecule has 0 heterocycles. The van der Waals surface area contributed by atoms with Gasteiger partial charge in [0.15, 0.2) is 0 Å². The first-order valence-corrected chi connectivity index (χ1v) is 9.29. The van der Waals surface area contributed by atoms with Gasteiger partial charge in [-0.1, -0.05) is 15.9 Å². The number of ether oxygens (including phenoxy) is 1. The third-order valence-electron chi connectivity index (χ3n) is 2.72. The van der Waals surface area contributed by atoms with E-state index >= 15 is 0 Å². The van der Waals surface area contributed by atoms with Crippen molar-refractivity contribution in [2.75, 3.05) is 5.32 Å². The summed E-state index contributed by atoms with van der Waals surface area (Å²) < 4.78 is 15.4. The number of nitro groups is 1. The topological polar surface area (TPSA) is 122 Å². The summed E-state index contributed by atoms with van der Waals surface area (Å²) in [5.41, 5.74) is 0.172. The van der Waals surface area contributed by atoms with Gasteiger partial charge in [0, 0.05) is 26.7 Å². The van der Waals surface area contributed by atoms with Crippen LogP contribution in [0, 0.1) is 10.1 Å². The number of hydrogen-bond donors (Lipinski definition) is 3. The van der Waals surface area contributed by atoms with Gasteiger partial charge in [0.25, 0.3) is 5.69 Å². The maximum atomic E-state index is 11.1. The Bertz CT molecular complexity index is 773. The number of halogens is 1. The van der Waals surface area contributed by atoms with Crippen LogP contribution in [0.25, 0.3) is 0 Å². The third kappa shape index (κ3) is 8.35. The first kappa shape index (κ1) is 22.0. The monoisotopic (exact) mass is 445 g/mol. The molecule has 2 rings (SSSR count). The first-order valence-electron chi connectivity index (χ1n) is 7.33. The lowest BCUT2D eigenvalue weighted by Gasteiger charge is -2.22. The highest BCUT2D eigenvalue weighted by atomic mass is 79.9. The molecular weight excluding hydrogens is 427 g/mol. The van der Waals surface area contributed by atoms with E-state index in [1.54, 1.807) is 12.1 Å². The fraction of sp³-hybridized carbons (Fsp3) is 0.250. The average molecular weight is 446 g/mol. The molecule has 0 aliphatic rings. The second-order valence-electron chi connectivity index (χ2n) is 6.12. The fourth-order valence-electron chi connectivity index (χ4n) is 1.88. The van der Waals surface area contributed by atoms with E-state index in [1.807, 2.05) is 45.0 Å². The molecule has 0 unspecified atom stereocenters. The SMILES string of the molecule is CC(C)(C)Nc1cc(Oc2ccc(Br)cc2)ccc1[N+](=O)[O-].O=[P+](O)O. The summed E-state index contributed by atoms with van der Waals surface area (Å²) in [6.45, 7) is 5.83. The van der Waals surface area contributed by atoms with Crippen LogP contribution in [-0.2, 0) is 4.57 Å². The van der Waals surface area contributed by atoms with Crippen LogP contribution in [0.5, 0.6) is 11.5 Å². The van der Waals surface area contributed by atoms with Crippen LogP contribution in [0.1, 0.15) is 20.8 Å². The van der Waals surface area contributed by atoms with Crippen LogP contribution in [0.15, 0.2) is 46.9 Å². The maximum absolute atomic E-state index is 11.1. The number of rotatable bonds is 4. The molecule has 0 saturated carbocycles. The van der Waals surface area contributed by atoms with Crippen molar-refractivity contribution in [3.8, 4) is 11.5 Å². The molecule has 0 aliphatic heterocycles. The zero-order valence-electron chi connectivity index (χ0n) is 14.3. The van der Waals surface area contributed by atoms with Gasteiger partial charge in [0.05, 0.1) is 4.92 Å². The summed E-state index contributed by atoms with van der Waals surface area (Å²) >= 11 is 3.36. The van der Waals surface area contributed by atoms with E-state index in [0.29, 0.717) is 17.2 Å². The quantitative estimate of drug-likeness (QED) is 0.344. The number of nitrogens with zero attached hydrogens (tertiary/aromatic N) is 1. The summed E-state index contributed by atoms with van der Waals surface area (Å²) in [4.78, 5) is 25.0. The van der Waals surface area contributed by atoms with Gasteiger partial charge in [-0.3, -0.25) is 10.1 Å². The number of nitrogens with one attached hydrogen (secondary N) is 1. The molecule has 0 saturated heterocycles. The maximum Gasteiger partial charge on any atom is 0.692 e. The lowest BCUT2D eigenvalue weighted by Crippen LogP contribution is -2.26. The molecule has 8 nitrogen and oxygen atoms in total. The molecule has 0 amide bonds. The Hall–Kier alpha value is -2.06.